The highest BCUT2D eigenvalue weighted by Gasteiger charge is 2.42. The van der Waals surface area contributed by atoms with Gasteiger partial charge in [-0.05, 0) is 26.0 Å². The van der Waals surface area contributed by atoms with Crippen molar-refractivity contribution in [2.45, 2.75) is 25.6 Å². The Hall–Kier alpha value is -2.41. The number of rotatable bonds is 3. The highest BCUT2D eigenvalue weighted by atomic mass is 16.6. The third-order valence-corrected chi connectivity index (χ3v) is 3.36. The Morgan fingerprint density at radius 2 is 2.19 bits per heavy atom. The minimum Gasteiger partial charge on any atom is -0.465 e. The summed E-state index contributed by atoms with van der Waals surface area (Å²) in [6.45, 7) is 3.55. The average Bonchev–Trinajstić information content (AvgIpc) is 2.71. The lowest BCUT2D eigenvalue weighted by molar-refractivity contribution is -0.385. The van der Waals surface area contributed by atoms with Crippen LogP contribution in [0.2, 0.25) is 0 Å². The van der Waals surface area contributed by atoms with Crippen LogP contribution in [0.4, 0.5) is 10.5 Å². The molecule has 7 heteroatoms. The fourth-order valence-corrected chi connectivity index (χ4v) is 2.36. The second-order valence-electron chi connectivity index (χ2n) is 5.15. The van der Waals surface area contributed by atoms with Gasteiger partial charge in [0.2, 0.25) is 0 Å². The molecule has 1 amide bonds. The Morgan fingerprint density at radius 3 is 2.81 bits per heavy atom. The van der Waals surface area contributed by atoms with Gasteiger partial charge in [0.15, 0.2) is 0 Å². The first-order valence-corrected chi connectivity index (χ1v) is 6.41. The van der Waals surface area contributed by atoms with Crippen LogP contribution in [0.5, 0.6) is 0 Å². The van der Waals surface area contributed by atoms with E-state index in [-0.39, 0.29) is 12.3 Å². The zero-order valence-electron chi connectivity index (χ0n) is 11.7. The molecule has 0 radical (unpaired) electrons. The predicted molar refractivity (Wildman–Crippen MR) is 75.8 cm³/mol. The van der Waals surface area contributed by atoms with Crippen LogP contribution in [0.1, 0.15) is 19.4 Å². The zero-order chi connectivity index (χ0) is 15.6. The van der Waals surface area contributed by atoms with E-state index < -0.39 is 22.8 Å². The minimum absolute atomic E-state index is 0.0196. The molecule has 21 heavy (non-hydrogen) atoms. The number of amides is 1. The number of carbonyl (C=O) groups is 1. The van der Waals surface area contributed by atoms with E-state index in [1.54, 1.807) is 44.2 Å². The van der Waals surface area contributed by atoms with E-state index in [9.17, 15) is 20.0 Å². The lowest BCUT2D eigenvalue weighted by atomic mass is 10.1. The second kappa shape index (κ2) is 5.53. The van der Waals surface area contributed by atoms with Crippen LogP contribution in [0, 0.1) is 10.1 Å². The van der Waals surface area contributed by atoms with Crippen molar-refractivity contribution in [1.29, 1.82) is 0 Å². The summed E-state index contributed by atoms with van der Waals surface area (Å²) in [7, 11) is 0. The number of carboxylic acid groups (broad SMARTS) is 1. The summed E-state index contributed by atoms with van der Waals surface area (Å²) in [6.07, 6.45) is 2.09. The molecule has 0 spiro atoms. The number of hydrogen-bond donors (Lipinski definition) is 1. The standard InChI is InChI=1S/C14H16N2O5/c1-14(2)15(13(17)18)11(9-21-14)8-7-10-5-3-4-6-12(10)16(19)20/h3-8,11H,9H2,1-2H3,(H,17,18)/b8-7+/t11-/m1/s1. The van der Waals surface area contributed by atoms with Gasteiger partial charge in [-0.2, -0.15) is 0 Å². The quantitative estimate of drug-likeness (QED) is 0.683. The van der Waals surface area contributed by atoms with Crippen LogP contribution in [0.3, 0.4) is 0 Å². The topological polar surface area (TPSA) is 92.9 Å². The van der Waals surface area contributed by atoms with Crippen molar-refractivity contribution >= 4 is 17.9 Å². The molecular formula is C14H16N2O5. The van der Waals surface area contributed by atoms with E-state index in [0.717, 1.165) is 0 Å². The highest BCUT2D eigenvalue weighted by Crippen LogP contribution is 2.29. The van der Waals surface area contributed by atoms with Gasteiger partial charge in [-0.3, -0.25) is 15.0 Å². The molecule has 1 atom stereocenters. The molecule has 1 N–H and O–H groups in total. The normalized spacial score (nSPS) is 20.9. The molecule has 1 aliphatic rings. The van der Waals surface area contributed by atoms with Gasteiger partial charge in [-0.15, -0.1) is 0 Å². The molecule has 0 aliphatic carbocycles. The fraction of sp³-hybridized carbons (Fsp3) is 0.357. The zero-order valence-corrected chi connectivity index (χ0v) is 11.7. The van der Waals surface area contributed by atoms with E-state index >= 15 is 0 Å². The van der Waals surface area contributed by atoms with E-state index in [4.69, 9.17) is 4.74 Å². The summed E-state index contributed by atoms with van der Waals surface area (Å²) in [5.41, 5.74) is -0.505. The number of hydrogen-bond acceptors (Lipinski definition) is 4. The summed E-state index contributed by atoms with van der Waals surface area (Å²) >= 11 is 0. The molecule has 2 rings (SSSR count). The van der Waals surface area contributed by atoms with Gasteiger partial charge in [0.05, 0.1) is 23.1 Å². The van der Waals surface area contributed by atoms with E-state index in [0.29, 0.717) is 5.56 Å². The third kappa shape index (κ3) is 3.03. The molecule has 7 nitrogen and oxygen atoms in total. The second-order valence-corrected chi connectivity index (χ2v) is 5.15. The minimum atomic E-state index is -1.09. The average molecular weight is 292 g/mol. The number of benzene rings is 1. The molecule has 1 aliphatic heterocycles. The van der Waals surface area contributed by atoms with Gasteiger partial charge < -0.3 is 9.84 Å². The summed E-state index contributed by atoms with van der Waals surface area (Å²) < 4.78 is 5.45. The largest absolute Gasteiger partial charge is 0.465 e. The van der Waals surface area contributed by atoms with E-state index in [1.165, 1.54) is 11.0 Å². The lowest BCUT2D eigenvalue weighted by Crippen LogP contribution is -2.46. The fourth-order valence-electron chi connectivity index (χ4n) is 2.36. The van der Waals surface area contributed by atoms with Crippen molar-refractivity contribution in [2.75, 3.05) is 6.61 Å². The summed E-state index contributed by atoms with van der Waals surface area (Å²) in [5.74, 6) is 0. The van der Waals surface area contributed by atoms with Crippen LogP contribution < -0.4 is 0 Å². The van der Waals surface area contributed by atoms with Crippen molar-refractivity contribution in [2.24, 2.45) is 0 Å². The third-order valence-electron chi connectivity index (χ3n) is 3.36. The molecular weight excluding hydrogens is 276 g/mol. The van der Waals surface area contributed by atoms with Crippen molar-refractivity contribution in [3.05, 3.63) is 46.0 Å². The monoisotopic (exact) mass is 292 g/mol. The number of nitro groups is 1. The molecule has 1 saturated heterocycles. The van der Waals surface area contributed by atoms with Crippen molar-refractivity contribution in [1.82, 2.24) is 4.90 Å². The molecule has 0 unspecified atom stereocenters. The van der Waals surface area contributed by atoms with Crippen molar-refractivity contribution < 1.29 is 19.6 Å². The van der Waals surface area contributed by atoms with Crippen LogP contribution in [-0.2, 0) is 4.74 Å². The SMILES string of the molecule is CC1(C)OC[C@@H](/C=C/c2ccccc2[N+](=O)[O-])N1C(=O)O. The Morgan fingerprint density at radius 1 is 1.52 bits per heavy atom. The first-order chi connectivity index (χ1) is 9.83. The molecule has 1 heterocycles. The molecule has 112 valence electrons. The lowest BCUT2D eigenvalue weighted by Gasteiger charge is -2.29. The maximum absolute atomic E-state index is 11.3. The summed E-state index contributed by atoms with van der Waals surface area (Å²) in [5, 5.41) is 20.2. The maximum atomic E-state index is 11.3. The van der Waals surface area contributed by atoms with Gasteiger partial charge in [0, 0.05) is 6.07 Å². The Labute approximate surface area is 121 Å². The molecule has 1 aromatic carbocycles. The Balaban J connectivity index is 2.26. The predicted octanol–water partition coefficient (Wildman–Crippen LogP) is 2.72. The van der Waals surface area contributed by atoms with Crippen molar-refractivity contribution in [3.63, 3.8) is 0 Å². The first kappa shape index (κ1) is 15.0. The van der Waals surface area contributed by atoms with Crippen molar-refractivity contribution in [3.8, 4) is 0 Å². The van der Waals surface area contributed by atoms with E-state index in [2.05, 4.69) is 0 Å². The highest BCUT2D eigenvalue weighted by molar-refractivity contribution is 5.68. The Bertz CT molecular complexity index is 597. The summed E-state index contributed by atoms with van der Waals surface area (Å²) in [4.78, 5) is 23.0. The molecule has 1 fully saturated rings. The number of nitro benzene ring substituents is 1. The molecule has 0 bridgehead atoms. The smallest absolute Gasteiger partial charge is 0.410 e. The molecule has 1 aromatic rings. The maximum Gasteiger partial charge on any atom is 0.410 e. The molecule has 0 saturated carbocycles. The summed E-state index contributed by atoms with van der Waals surface area (Å²) in [6, 6.07) is 5.82. The van der Waals surface area contributed by atoms with Crippen LogP contribution in [0.15, 0.2) is 30.3 Å². The van der Waals surface area contributed by atoms with Crippen LogP contribution in [-0.4, -0.2) is 39.4 Å². The van der Waals surface area contributed by atoms with Crippen LogP contribution >= 0.6 is 0 Å². The van der Waals surface area contributed by atoms with Gasteiger partial charge in [0.25, 0.3) is 5.69 Å². The van der Waals surface area contributed by atoms with Crippen LogP contribution in [0.25, 0.3) is 6.08 Å². The number of nitrogens with zero attached hydrogens (tertiary/aromatic N) is 2. The van der Waals surface area contributed by atoms with Gasteiger partial charge >= 0.3 is 6.09 Å². The van der Waals surface area contributed by atoms with Gasteiger partial charge in [-0.1, -0.05) is 18.2 Å². The Kier molecular flexibility index (Phi) is 3.95. The number of ether oxygens (including phenoxy) is 1. The first-order valence-electron chi connectivity index (χ1n) is 6.41. The number of para-hydroxylation sites is 1. The van der Waals surface area contributed by atoms with Gasteiger partial charge in [0.1, 0.15) is 5.72 Å². The van der Waals surface area contributed by atoms with Gasteiger partial charge in [-0.25, -0.2) is 4.79 Å². The van der Waals surface area contributed by atoms with E-state index in [1.807, 2.05) is 0 Å². The molecule has 0 aromatic heterocycles.